The summed E-state index contributed by atoms with van der Waals surface area (Å²) in [7, 11) is 0. The lowest BCUT2D eigenvalue weighted by Crippen LogP contribution is -2.30. The first-order chi connectivity index (χ1) is 22.0. The Hall–Kier alpha value is -5.54. The number of hydrogen-bond acceptors (Lipinski definition) is 6. The molecular formula is C36H29N3O5S. The summed E-state index contributed by atoms with van der Waals surface area (Å²) in [6, 6.07) is 34.9. The molecule has 0 atom stereocenters. The van der Waals surface area contributed by atoms with Crippen molar-refractivity contribution in [2.45, 2.75) is 4.90 Å². The topological polar surface area (TPSA) is 106 Å². The van der Waals surface area contributed by atoms with Crippen LogP contribution >= 0.6 is 11.8 Å². The van der Waals surface area contributed by atoms with Gasteiger partial charge in [-0.1, -0.05) is 60.7 Å². The smallest absolute Gasteiger partial charge is 0.272 e. The fraction of sp³-hybridized carbons (Fsp3) is 0.0833. The molecule has 5 aromatic carbocycles. The molecule has 3 N–H and O–H groups in total. The van der Waals surface area contributed by atoms with Crippen LogP contribution in [0.15, 0.2) is 126 Å². The first-order valence-corrected chi connectivity index (χ1v) is 15.3. The molecule has 0 bridgehead atoms. The van der Waals surface area contributed by atoms with E-state index in [1.54, 1.807) is 60.7 Å². The van der Waals surface area contributed by atoms with Crippen LogP contribution in [0.3, 0.4) is 0 Å². The monoisotopic (exact) mass is 615 g/mol. The number of ether oxygens (including phenoxy) is 2. The normalized spacial score (nSPS) is 12.3. The lowest BCUT2D eigenvalue weighted by atomic mass is 10.0. The number of nitrogens with one attached hydrogen (secondary N) is 3. The second-order valence-electron chi connectivity index (χ2n) is 10.1. The number of hydrogen-bond donors (Lipinski definition) is 3. The van der Waals surface area contributed by atoms with Crippen molar-refractivity contribution in [1.82, 2.24) is 5.32 Å². The number of carbonyl (C=O) groups excluding carboxylic acids is 3. The average Bonchev–Trinajstić information content (AvgIpc) is 3.08. The van der Waals surface area contributed by atoms with Crippen molar-refractivity contribution in [3.8, 4) is 11.5 Å². The third-order valence-corrected chi connectivity index (χ3v) is 7.97. The SMILES string of the molecule is O=C(CSc1ccc(NC(=O)/C(=C/c2cccc3ccccc23)NC(=O)c2ccccc2)cc1)Nc1ccc2c(c1)OCCO2. The van der Waals surface area contributed by atoms with Crippen LogP contribution in [0.5, 0.6) is 11.5 Å². The molecule has 9 heteroatoms. The lowest BCUT2D eigenvalue weighted by Gasteiger charge is -2.19. The molecule has 0 saturated carbocycles. The van der Waals surface area contributed by atoms with E-state index < -0.39 is 11.8 Å². The summed E-state index contributed by atoms with van der Waals surface area (Å²) in [5, 5.41) is 10.5. The molecule has 1 aliphatic rings. The number of carbonyl (C=O) groups is 3. The molecule has 0 unspecified atom stereocenters. The van der Waals surface area contributed by atoms with E-state index in [0.29, 0.717) is 41.7 Å². The second-order valence-corrected chi connectivity index (χ2v) is 11.2. The van der Waals surface area contributed by atoms with Crippen molar-refractivity contribution in [1.29, 1.82) is 0 Å². The van der Waals surface area contributed by atoms with Gasteiger partial charge in [-0.05, 0) is 70.9 Å². The highest BCUT2D eigenvalue weighted by Gasteiger charge is 2.16. The van der Waals surface area contributed by atoms with Crippen LogP contribution in [0.4, 0.5) is 11.4 Å². The van der Waals surface area contributed by atoms with Gasteiger partial charge in [0.25, 0.3) is 11.8 Å². The summed E-state index contributed by atoms with van der Waals surface area (Å²) in [5.74, 6) is 0.454. The van der Waals surface area contributed by atoms with Gasteiger partial charge in [-0.2, -0.15) is 0 Å². The quantitative estimate of drug-likeness (QED) is 0.125. The van der Waals surface area contributed by atoms with Crippen molar-refractivity contribution in [2.75, 3.05) is 29.6 Å². The van der Waals surface area contributed by atoms with Gasteiger partial charge in [-0.15, -0.1) is 11.8 Å². The Morgan fingerprint density at radius 3 is 2.24 bits per heavy atom. The van der Waals surface area contributed by atoms with Crippen molar-refractivity contribution in [2.24, 2.45) is 0 Å². The summed E-state index contributed by atoms with van der Waals surface area (Å²) in [5.41, 5.74) is 2.52. The molecule has 45 heavy (non-hydrogen) atoms. The minimum absolute atomic E-state index is 0.106. The molecule has 5 aromatic rings. The van der Waals surface area contributed by atoms with Gasteiger partial charge in [0.2, 0.25) is 5.91 Å². The lowest BCUT2D eigenvalue weighted by molar-refractivity contribution is -0.114. The van der Waals surface area contributed by atoms with Crippen LogP contribution in [0, 0.1) is 0 Å². The fourth-order valence-corrected chi connectivity index (χ4v) is 5.47. The molecule has 0 fully saturated rings. The summed E-state index contributed by atoms with van der Waals surface area (Å²) in [6.07, 6.45) is 1.68. The molecule has 224 valence electrons. The predicted molar refractivity (Wildman–Crippen MR) is 178 cm³/mol. The highest BCUT2D eigenvalue weighted by atomic mass is 32.2. The Morgan fingerprint density at radius 1 is 0.711 bits per heavy atom. The Bertz CT molecular complexity index is 1890. The van der Waals surface area contributed by atoms with Crippen LogP contribution in [-0.2, 0) is 9.59 Å². The molecule has 3 amide bonds. The third kappa shape index (κ3) is 7.52. The van der Waals surface area contributed by atoms with Gasteiger partial charge in [-0.25, -0.2) is 0 Å². The molecule has 1 aliphatic heterocycles. The predicted octanol–water partition coefficient (Wildman–Crippen LogP) is 6.75. The number of fused-ring (bicyclic) bond motifs is 2. The standard InChI is InChI=1S/C36H29N3O5S/c40-34(37-28-15-18-32-33(22-28)44-20-19-43-32)23-45-29-16-13-27(14-17-29)38-36(42)31(39-35(41)25-8-2-1-3-9-25)21-26-11-6-10-24-7-4-5-12-30(24)26/h1-18,21-22H,19-20,23H2,(H,37,40)(H,38,42)(H,39,41)/b31-21-. The molecule has 8 nitrogen and oxygen atoms in total. The average molecular weight is 616 g/mol. The van der Waals surface area contributed by atoms with Crippen LogP contribution in [0.2, 0.25) is 0 Å². The Kier molecular flexibility index (Phi) is 9.08. The largest absolute Gasteiger partial charge is 0.486 e. The molecule has 0 radical (unpaired) electrons. The van der Waals surface area contributed by atoms with E-state index in [1.165, 1.54) is 11.8 Å². The van der Waals surface area contributed by atoms with Crippen molar-refractivity contribution >= 4 is 57.7 Å². The Balaban J connectivity index is 1.12. The summed E-state index contributed by atoms with van der Waals surface area (Å²) in [6.45, 7) is 0.979. The molecule has 0 aliphatic carbocycles. The molecule has 0 saturated heterocycles. The summed E-state index contributed by atoms with van der Waals surface area (Å²) in [4.78, 5) is 40.0. The maximum absolute atomic E-state index is 13.5. The van der Waals surface area contributed by atoms with Crippen LogP contribution < -0.4 is 25.4 Å². The van der Waals surface area contributed by atoms with Gasteiger partial charge >= 0.3 is 0 Å². The maximum atomic E-state index is 13.5. The highest BCUT2D eigenvalue weighted by molar-refractivity contribution is 8.00. The minimum atomic E-state index is -0.466. The summed E-state index contributed by atoms with van der Waals surface area (Å²) >= 11 is 1.37. The molecule has 1 heterocycles. The number of anilines is 2. The van der Waals surface area contributed by atoms with Crippen molar-refractivity contribution in [3.63, 3.8) is 0 Å². The van der Waals surface area contributed by atoms with Gasteiger partial charge in [-0.3, -0.25) is 14.4 Å². The zero-order chi connectivity index (χ0) is 31.0. The van der Waals surface area contributed by atoms with E-state index in [-0.39, 0.29) is 17.4 Å². The van der Waals surface area contributed by atoms with Crippen LogP contribution in [0.25, 0.3) is 16.8 Å². The fourth-order valence-electron chi connectivity index (χ4n) is 4.77. The number of benzene rings is 5. The minimum Gasteiger partial charge on any atom is -0.486 e. The molecule has 0 spiro atoms. The van der Waals surface area contributed by atoms with E-state index in [1.807, 2.05) is 60.7 Å². The van der Waals surface area contributed by atoms with Gasteiger partial charge in [0.05, 0.1) is 5.75 Å². The zero-order valence-electron chi connectivity index (χ0n) is 24.1. The van der Waals surface area contributed by atoms with Crippen LogP contribution in [-0.4, -0.2) is 36.7 Å². The zero-order valence-corrected chi connectivity index (χ0v) is 24.9. The van der Waals surface area contributed by atoms with Crippen LogP contribution in [0.1, 0.15) is 15.9 Å². The van der Waals surface area contributed by atoms with Crippen molar-refractivity contribution in [3.05, 3.63) is 132 Å². The van der Waals surface area contributed by atoms with Gasteiger partial charge in [0.1, 0.15) is 18.9 Å². The molecular weight excluding hydrogens is 586 g/mol. The first kappa shape index (κ1) is 29.5. The molecule has 6 rings (SSSR count). The summed E-state index contributed by atoms with van der Waals surface area (Å²) < 4.78 is 11.1. The van der Waals surface area contributed by atoms with Crippen molar-refractivity contribution < 1.29 is 23.9 Å². The number of amides is 3. The third-order valence-electron chi connectivity index (χ3n) is 6.96. The van der Waals surface area contributed by atoms with E-state index in [2.05, 4.69) is 16.0 Å². The van der Waals surface area contributed by atoms with Gasteiger partial charge in [0.15, 0.2) is 11.5 Å². The second kappa shape index (κ2) is 13.8. The highest BCUT2D eigenvalue weighted by Crippen LogP contribution is 2.32. The van der Waals surface area contributed by atoms with E-state index >= 15 is 0 Å². The number of rotatable bonds is 9. The van der Waals surface area contributed by atoms with E-state index in [4.69, 9.17) is 9.47 Å². The maximum Gasteiger partial charge on any atom is 0.272 e. The Labute approximate surface area is 264 Å². The van der Waals surface area contributed by atoms with E-state index in [9.17, 15) is 14.4 Å². The van der Waals surface area contributed by atoms with Gasteiger partial charge < -0.3 is 25.4 Å². The van der Waals surface area contributed by atoms with E-state index in [0.717, 1.165) is 21.2 Å². The molecule has 0 aromatic heterocycles. The Morgan fingerprint density at radius 2 is 1.42 bits per heavy atom. The first-order valence-electron chi connectivity index (χ1n) is 14.3. The number of thioether (sulfide) groups is 1. The van der Waals surface area contributed by atoms with Gasteiger partial charge in [0, 0.05) is 27.9 Å².